The molecule has 9 atom stereocenters. The zero-order chi connectivity index (χ0) is 35.0. The molecule has 0 aromatic heterocycles. The number of rotatable bonds is 19. The number of allylic oxidation sites excluding steroid dienone is 1. The number of hydrogen-bond acceptors (Lipinski definition) is 7. The molecule has 264 valence electrons. The Balaban J connectivity index is 1.70. The Morgan fingerprint density at radius 3 is 2.52 bits per heavy atom. The highest BCUT2D eigenvalue weighted by atomic mass is 16.6. The minimum absolute atomic E-state index is 0.104. The second kappa shape index (κ2) is 16.7. The van der Waals surface area contributed by atoms with E-state index in [0.29, 0.717) is 44.3 Å². The highest BCUT2D eigenvalue weighted by Gasteiger charge is 2.76. The Morgan fingerprint density at radius 1 is 1.17 bits per heavy atom. The van der Waals surface area contributed by atoms with E-state index in [1.807, 2.05) is 44.2 Å². The summed E-state index contributed by atoms with van der Waals surface area (Å²) in [5.41, 5.74) is -0.516. The van der Waals surface area contributed by atoms with Gasteiger partial charge in [-0.15, -0.1) is 13.2 Å². The van der Waals surface area contributed by atoms with E-state index in [1.165, 1.54) is 0 Å². The van der Waals surface area contributed by atoms with Gasteiger partial charge in [-0.25, -0.2) is 0 Å². The van der Waals surface area contributed by atoms with Gasteiger partial charge in [-0.1, -0.05) is 82.5 Å². The third-order valence-electron chi connectivity index (χ3n) is 10.6. The lowest BCUT2D eigenvalue weighted by molar-refractivity contribution is -0.163. The number of carbonyl (C=O) groups excluding carboxylic acids is 4. The largest absolute Gasteiger partial charge is 0.455 e. The molecule has 3 heterocycles. The Morgan fingerprint density at radius 2 is 1.90 bits per heavy atom. The summed E-state index contributed by atoms with van der Waals surface area (Å²) in [5, 5.41) is 13.6. The van der Waals surface area contributed by atoms with Crippen molar-refractivity contribution in [3.63, 3.8) is 0 Å². The Labute approximate surface area is 285 Å². The van der Waals surface area contributed by atoms with E-state index in [-0.39, 0.29) is 36.7 Å². The lowest BCUT2D eigenvalue weighted by Gasteiger charge is -2.41. The molecule has 1 aromatic carbocycles. The number of carbonyl (C=O) groups is 4. The molecule has 2 bridgehead atoms. The topological polar surface area (TPSA) is 125 Å². The predicted octanol–water partition coefficient (Wildman–Crippen LogP) is 4.73. The molecule has 0 saturated carbocycles. The molecule has 2 N–H and O–H groups in total. The molecular weight excluding hydrogens is 610 g/mol. The molecule has 3 amide bonds. The van der Waals surface area contributed by atoms with Gasteiger partial charge in [0.1, 0.15) is 17.7 Å². The second-order valence-corrected chi connectivity index (χ2v) is 13.7. The molecule has 3 aliphatic heterocycles. The first-order valence-corrected chi connectivity index (χ1v) is 17.8. The number of aliphatic hydroxyl groups excluding tert-OH is 1. The molecule has 10 heteroatoms. The molecule has 3 fully saturated rings. The van der Waals surface area contributed by atoms with Crippen LogP contribution in [-0.4, -0.2) is 88.1 Å². The van der Waals surface area contributed by atoms with E-state index in [1.54, 1.807) is 28.9 Å². The van der Waals surface area contributed by atoms with Crippen molar-refractivity contribution in [2.45, 2.75) is 115 Å². The van der Waals surface area contributed by atoms with Crippen LogP contribution in [0.5, 0.6) is 0 Å². The van der Waals surface area contributed by atoms with Gasteiger partial charge in [0.15, 0.2) is 0 Å². The first-order valence-electron chi connectivity index (χ1n) is 17.8. The van der Waals surface area contributed by atoms with E-state index < -0.39 is 53.7 Å². The molecule has 4 rings (SSSR count). The number of nitrogens with zero attached hydrogens (tertiary/aromatic N) is 2. The highest BCUT2D eigenvalue weighted by Crippen LogP contribution is 2.59. The van der Waals surface area contributed by atoms with Crippen molar-refractivity contribution < 1.29 is 33.8 Å². The molecule has 3 saturated heterocycles. The van der Waals surface area contributed by atoms with Gasteiger partial charge in [0.05, 0.1) is 36.6 Å². The summed E-state index contributed by atoms with van der Waals surface area (Å²) in [4.78, 5) is 59.5. The van der Waals surface area contributed by atoms with Crippen LogP contribution >= 0.6 is 0 Å². The van der Waals surface area contributed by atoms with Gasteiger partial charge in [0, 0.05) is 19.5 Å². The van der Waals surface area contributed by atoms with Gasteiger partial charge in [-0.05, 0) is 44.1 Å². The lowest BCUT2D eigenvalue weighted by atomic mass is 9.70. The first-order chi connectivity index (χ1) is 23.1. The fraction of sp³-hybridized carbons (Fsp3) is 0.632. The molecule has 0 unspecified atom stereocenters. The van der Waals surface area contributed by atoms with Crippen LogP contribution in [0.3, 0.4) is 0 Å². The number of unbranched alkanes of at least 4 members (excludes halogenated alkanes) is 2. The second-order valence-electron chi connectivity index (χ2n) is 13.7. The Bertz CT molecular complexity index is 1300. The summed E-state index contributed by atoms with van der Waals surface area (Å²) in [5.74, 6) is -3.36. The van der Waals surface area contributed by atoms with Crippen LogP contribution in [0.15, 0.2) is 55.6 Å². The van der Waals surface area contributed by atoms with Gasteiger partial charge in [0.25, 0.3) is 0 Å². The van der Waals surface area contributed by atoms with E-state index >= 15 is 0 Å². The third kappa shape index (κ3) is 7.39. The monoisotopic (exact) mass is 665 g/mol. The van der Waals surface area contributed by atoms with Crippen molar-refractivity contribution in [3.05, 3.63) is 61.2 Å². The van der Waals surface area contributed by atoms with Crippen molar-refractivity contribution >= 4 is 23.7 Å². The van der Waals surface area contributed by atoms with E-state index in [4.69, 9.17) is 9.47 Å². The molecule has 10 nitrogen and oxygen atoms in total. The van der Waals surface area contributed by atoms with Gasteiger partial charge in [-0.3, -0.25) is 19.2 Å². The number of amides is 3. The molecule has 0 aliphatic carbocycles. The predicted molar refractivity (Wildman–Crippen MR) is 183 cm³/mol. The number of aliphatic hydroxyl groups is 1. The summed E-state index contributed by atoms with van der Waals surface area (Å²) in [6.45, 7) is 15.9. The van der Waals surface area contributed by atoms with Crippen molar-refractivity contribution in [3.8, 4) is 0 Å². The van der Waals surface area contributed by atoms with Crippen LogP contribution in [0.25, 0.3) is 0 Å². The van der Waals surface area contributed by atoms with Crippen LogP contribution in [0.4, 0.5) is 0 Å². The van der Waals surface area contributed by atoms with Crippen LogP contribution in [0.1, 0.15) is 90.7 Å². The van der Waals surface area contributed by atoms with Gasteiger partial charge in [-0.2, -0.15) is 0 Å². The summed E-state index contributed by atoms with van der Waals surface area (Å²) in [6.07, 6.45) is 7.10. The van der Waals surface area contributed by atoms with Gasteiger partial charge >= 0.3 is 5.97 Å². The Hall–Kier alpha value is -3.50. The summed E-state index contributed by atoms with van der Waals surface area (Å²) in [6, 6.07) is 7.04. The maximum absolute atomic E-state index is 14.7. The first kappa shape index (κ1) is 37.3. The zero-order valence-electron chi connectivity index (χ0n) is 29.1. The van der Waals surface area contributed by atoms with Crippen LogP contribution in [0, 0.1) is 17.8 Å². The fourth-order valence-electron chi connectivity index (χ4n) is 7.92. The Kier molecular flexibility index (Phi) is 13.0. The molecule has 0 radical (unpaired) electrons. The van der Waals surface area contributed by atoms with E-state index in [2.05, 4.69) is 25.4 Å². The number of ether oxygens (including phenoxy) is 2. The van der Waals surface area contributed by atoms with Crippen molar-refractivity contribution in [1.82, 2.24) is 15.1 Å². The standard InChI is InChI=1S/C38H55N3O7/c1-7-11-16-23-40(22-9-3)36(45)34-38-21-20-29(48-38)31(32(38)35(44)41(34)28(24-42)25(5)10-4)37(46)47-33(27-17-14-13-15-18-27)26(6)39-30(43)19-12-8-2/h8-9,13-15,17-18,25-26,28-29,31-34,42H,2-3,7,10-12,16,19-24H2,1,4-6H3,(H,39,43)/t25-,26-,28-,29-,31+,32+,33-,34-,38+/m0/s1. The maximum Gasteiger partial charge on any atom is 0.313 e. The molecular formula is C38H55N3O7. The quantitative estimate of drug-likeness (QED) is 0.124. The van der Waals surface area contributed by atoms with Crippen LogP contribution < -0.4 is 5.32 Å². The minimum Gasteiger partial charge on any atom is -0.455 e. The number of hydrogen-bond donors (Lipinski definition) is 2. The highest BCUT2D eigenvalue weighted by molar-refractivity contribution is 5.98. The molecule has 1 spiro atoms. The average Bonchev–Trinajstić information content (AvgIpc) is 3.73. The summed E-state index contributed by atoms with van der Waals surface area (Å²) >= 11 is 0. The number of nitrogens with one attached hydrogen (secondary N) is 1. The minimum atomic E-state index is -1.22. The SMILES string of the molecule is C=CCCC(=O)N[C@@H](C)[C@H](OC(=O)[C@@H]1[C@@H]2CC[C@]3(O2)[C@H](C(=O)N(CC=C)CCCCC)N([C@@H](CO)[C@@H](C)CC)C(=O)[C@@H]13)c1ccccc1. The van der Waals surface area contributed by atoms with E-state index in [0.717, 1.165) is 19.3 Å². The lowest BCUT2D eigenvalue weighted by Crippen LogP contribution is -2.59. The van der Waals surface area contributed by atoms with Gasteiger partial charge < -0.3 is 29.7 Å². The molecule has 48 heavy (non-hydrogen) atoms. The van der Waals surface area contributed by atoms with Crippen LogP contribution in [-0.2, 0) is 28.7 Å². The molecule has 3 aliphatic rings. The smallest absolute Gasteiger partial charge is 0.313 e. The van der Waals surface area contributed by atoms with Crippen molar-refractivity contribution in [2.75, 3.05) is 19.7 Å². The summed E-state index contributed by atoms with van der Waals surface area (Å²) in [7, 11) is 0. The van der Waals surface area contributed by atoms with Crippen molar-refractivity contribution in [2.24, 2.45) is 17.8 Å². The number of likely N-dealkylation sites (tertiary alicyclic amines) is 1. The van der Waals surface area contributed by atoms with Gasteiger partial charge in [0.2, 0.25) is 17.7 Å². The molecule has 1 aromatic rings. The number of esters is 1. The van der Waals surface area contributed by atoms with Crippen molar-refractivity contribution in [1.29, 1.82) is 0 Å². The maximum atomic E-state index is 14.7. The average molecular weight is 666 g/mol. The third-order valence-corrected chi connectivity index (χ3v) is 10.6. The zero-order valence-corrected chi connectivity index (χ0v) is 29.1. The fourth-order valence-corrected chi connectivity index (χ4v) is 7.92. The number of benzene rings is 1. The normalized spacial score (nSPS) is 26.7. The summed E-state index contributed by atoms with van der Waals surface area (Å²) < 4.78 is 12.9. The van der Waals surface area contributed by atoms with Crippen LogP contribution in [0.2, 0.25) is 0 Å². The van der Waals surface area contributed by atoms with E-state index in [9.17, 15) is 24.3 Å². The number of fused-ring (bicyclic) bond motifs is 1.